The zero-order valence-corrected chi connectivity index (χ0v) is 17.2. The van der Waals surface area contributed by atoms with Crippen LogP contribution in [0.2, 0.25) is 0 Å². The van der Waals surface area contributed by atoms with Gasteiger partial charge < -0.3 is 14.2 Å². The average Bonchev–Trinajstić information content (AvgIpc) is 3.09. The van der Waals surface area contributed by atoms with Gasteiger partial charge in [0.2, 0.25) is 0 Å². The van der Waals surface area contributed by atoms with Gasteiger partial charge >= 0.3 is 0 Å². The molecule has 31 heavy (non-hydrogen) atoms. The Morgan fingerprint density at radius 3 is 2.65 bits per heavy atom. The van der Waals surface area contributed by atoms with E-state index in [-0.39, 0.29) is 23.8 Å². The van der Waals surface area contributed by atoms with Gasteiger partial charge in [0.15, 0.2) is 11.4 Å². The monoisotopic (exact) mass is 432 g/mol. The minimum atomic E-state index is -0.705. The second-order valence-electron chi connectivity index (χ2n) is 7.01. The first-order chi connectivity index (χ1) is 15.0. The summed E-state index contributed by atoms with van der Waals surface area (Å²) >= 11 is 0. The molecule has 3 heterocycles. The summed E-state index contributed by atoms with van der Waals surface area (Å²) in [5.41, 5.74) is 3.78. The smallest absolute Gasteiger partial charge is 0.284 e. The molecule has 164 valence electrons. The molecule has 4 rings (SSSR count). The SMILES string of the molecule is COc1cc(OCc2c(F)cccc2F)c2nc(C)c(C(=O)NN3CCOCC3)n2c1. The summed E-state index contributed by atoms with van der Waals surface area (Å²) in [6, 6.07) is 5.17. The zero-order chi connectivity index (χ0) is 22.0. The Morgan fingerprint density at radius 2 is 1.97 bits per heavy atom. The van der Waals surface area contributed by atoms with Crippen molar-refractivity contribution in [2.24, 2.45) is 0 Å². The molecule has 0 spiro atoms. The maximum atomic E-state index is 14.0. The number of aromatic nitrogens is 2. The molecular weight excluding hydrogens is 410 g/mol. The highest BCUT2D eigenvalue weighted by Crippen LogP contribution is 2.29. The number of nitrogens with zero attached hydrogens (tertiary/aromatic N) is 3. The van der Waals surface area contributed by atoms with E-state index in [9.17, 15) is 13.6 Å². The number of carbonyl (C=O) groups excluding carboxylic acids is 1. The number of carbonyl (C=O) groups is 1. The van der Waals surface area contributed by atoms with E-state index in [0.717, 1.165) is 12.1 Å². The number of halogens is 2. The molecule has 1 aliphatic rings. The van der Waals surface area contributed by atoms with Crippen molar-refractivity contribution < 1.29 is 27.8 Å². The van der Waals surface area contributed by atoms with Crippen LogP contribution in [0.3, 0.4) is 0 Å². The highest BCUT2D eigenvalue weighted by molar-refractivity contribution is 5.94. The number of rotatable bonds is 6. The van der Waals surface area contributed by atoms with Gasteiger partial charge in [0, 0.05) is 19.2 Å². The number of benzene rings is 1. The van der Waals surface area contributed by atoms with Crippen LogP contribution in [0.1, 0.15) is 21.7 Å². The summed E-state index contributed by atoms with van der Waals surface area (Å²) in [5.74, 6) is -1.12. The number of imidazole rings is 1. The Bertz CT molecular complexity index is 1090. The summed E-state index contributed by atoms with van der Waals surface area (Å²) < 4.78 is 45.8. The van der Waals surface area contributed by atoms with Crippen LogP contribution in [0, 0.1) is 18.6 Å². The molecular formula is C21H22F2N4O4. The Kier molecular flexibility index (Phi) is 6.01. The first-order valence-electron chi connectivity index (χ1n) is 9.74. The molecule has 1 saturated heterocycles. The maximum Gasteiger partial charge on any atom is 0.284 e. The summed E-state index contributed by atoms with van der Waals surface area (Å²) in [6.45, 7) is 3.58. The van der Waals surface area contributed by atoms with Crippen LogP contribution in [0.15, 0.2) is 30.5 Å². The normalized spacial score (nSPS) is 14.6. The van der Waals surface area contributed by atoms with Crippen LogP contribution in [-0.2, 0) is 11.3 Å². The number of nitrogens with one attached hydrogen (secondary N) is 1. The summed E-state index contributed by atoms with van der Waals surface area (Å²) in [4.78, 5) is 17.4. The van der Waals surface area contributed by atoms with Crippen LogP contribution in [0.25, 0.3) is 5.65 Å². The lowest BCUT2D eigenvalue weighted by Crippen LogP contribution is -2.48. The van der Waals surface area contributed by atoms with Gasteiger partial charge in [0.1, 0.15) is 29.7 Å². The first kappa shape index (κ1) is 21.0. The number of fused-ring (bicyclic) bond motifs is 1. The summed E-state index contributed by atoms with van der Waals surface area (Å²) in [5, 5.41) is 1.78. The lowest BCUT2D eigenvalue weighted by Gasteiger charge is -2.26. The first-order valence-corrected chi connectivity index (χ1v) is 9.74. The van der Waals surface area contributed by atoms with Crippen molar-refractivity contribution >= 4 is 11.6 Å². The van der Waals surface area contributed by atoms with E-state index in [4.69, 9.17) is 14.2 Å². The number of hydrogen-bond acceptors (Lipinski definition) is 6. The van der Waals surface area contributed by atoms with Gasteiger partial charge in [-0.2, -0.15) is 0 Å². The molecule has 0 aliphatic carbocycles. The highest BCUT2D eigenvalue weighted by Gasteiger charge is 2.23. The third-order valence-electron chi connectivity index (χ3n) is 4.99. The molecule has 1 aliphatic heterocycles. The fourth-order valence-corrected chi connectivity index (χ4v) is 3.39. The Balaban J connectivity index is 1.67. The van der Waals surface area contributed by atoms with Gasteiger partial charge in [-0.15, -0.1) is 0 Å². The van der Waals surface area contributed by atoms with Crippen molar-refractivity contribution in [2.45, 2.75) is 13.5 Å². The average molecular weight is 432 g/mol. The molecule has 1 aromatic carbocycles. The van der Waals surface area contributed by atoms with Crippen molar-refractivity contribution in [1.29, 1.82) is 0 Å². The number of hydrazine groups is 1. The Labute approximate surface area is 177 Å². The topological polar surface area (TPSA) is 77.3 Å². The van der Waals surface area contributed by atoms with Crippen molar-refractivity contribution in [1.82, 2.24) is 19.8 Å². The van der Waals surface area contributed by atoms with E-state index in [0.29, 0.717) is 49.1 Å². The van der Waals surface area contributed by atoms with Gasteiger partial charge in [0.25, 0.3) is 5.91 Å². The van der Waals surface area contributed by atoms with Crippen LogP contribution in [-0.4, -0.2) is 53.7 Å². The van der Waals surface area contributed by atoms with Crippen LogP contribution < -0.4 is 14.9 Å². The minimum absolute atomic E-state index is 0.197. The number of aryl methyl sites for hydroxylation is 1. The number of ether oxygens (including phenoxy) is 3. The van der Waals surface area contributed by atoms with E-state index in [2.05, 4.69) is 10.4 Å². The van der Waals surface area contributed by atoms with Crippen molar-refractivity contribution in [3.05, 3.63) is 59.0 Å². The fourth-order valence-electron chi connectivity index (χ4n) is 3.39. The van der Waals surface area contributed by atoms with Crippen molar-refractivity contribution in [2.75, 3.05) is 33.4 Å². The standard InChI is InChI=1S/C21H22F2N4O4/c1-13-19(21(28)25-26-6-8-30-9-7-26)27-11-14(29-2)10-18(20(27)24-13)31-12-15-16(22)4-3-5-17(15)23/h3-5,10-11H,6-9,12H2,1-2H3,(H,25,28). The molecule has 0 atom stereocenters. The highest BCUT2D eigenvalue weighted by atomic mass is 19.1. The van der Waals surface area contributed by atoms with Gasteiger partial charge in [0.05, 0.1) is 37.8 Å². The molecule has 0 saturated carbocycles. The maximum absolute atomic E-state index is 14.0. The fraction of sp³-hybridized carbons (Fsp3) is 0.333. The van der Waals surface area contributed by atoms with E-state index < -0.39 is 11.6 Å². The van der Waals surface area contributed by atoms with Crippen LogP contribution in [0.5, 0.6) is 11.5 Å². The molecule has 1 fully saturated rings. The molecule has 0 bridgehead atoms. The predicted molar refractivity (Wildman–Crippen MR) is 107 cm³/mol. The Hall–Kier alpha value is -3.24. The predicted octanol–water partition coefficient (Wildman–Crippen LogP) is 2.49. The number of hydrogen-bond donors (Lipinski definition) is 1. The largest absolute Gasteiger partial charge is 0.495 e. The summed E-state index contributed by atoms with van der Waals surface area (Å²) in [6.07, 6.45) is 1.61. The molecule has 10 heteroatoms. The van der Waals surface area contributed by atoms with Gasteiger partial charge in [-0.05, 0) is 19.1 Å². The molecule has 0 radical (unpaired) electrons. The van der Waals surface area contributed by atoms with E-state index in [1.165, 1.54) is 13.2 Å². The van der Waals surface area contributed by atoms with Crippen molar-refractivity contribution in [3.63, 3.8) is 0 Å². The number of methoxy groups -OCH3 is 1. The number of morpholine rings is 1. The lowest BCUT2D eigenvalue weighted by molar-refractivity contribution is 0.0124. The quantitative estimate of drug-likeness (QED) is 0.645. The van der Waals surface area contributed by atoms with E-state index >= 15 is 0 Å². The van der Waals surface area contributed by atoms with Gasteiger partial charge in [-0.3, -0.25) is 14.6 Å². The lowest BCUT2D eigenvalue weighted by atomic mass is 10.2. The minimum Gasteiger partial charge on any atom is -0.495 e. The molecule has 8 nitrogen and oxygen atoms in total. The second kappa shape index (κ2) is 8.86. The Morgan fingerprint density at radius 1 is 1.26 bits per heavy atom. The zero-order valence-electron chi connectivity index (χ0n) is 17.2. The van der Waals surface area contributed by atoms with E-state index in [1.54, 1.807) is 28.6 Å². The number of amides is 1. The molecule has 1 N–H and O–H groups in total. The summed E-state index contributed by atoms with van der Waals surface area (Å²) in [7, 11) is 1.47. The van der Waals surface area contributed by atoms with Crippen molar-refractivity contribution in [3.8, 4) is 11.5 Å². The molecule has 3 aromatic rings. The molecule has 0 unspecified atom stereocenters. The number of pyridine rings is 1. The second-order valence-corrected chi connectivity index (χ2v) is 7.01. The molecule has 2 aromatic heterocycles. The van der Waals surface area contributed by atoms with Crippen LogP contribution >= 0.6 is 0 Å². The molecule has 1 amide bonds. The third-order valence-corrected chi connectivity index (χ3v) is 4.99. The van der Waals surface area contributed by atoms with E-state index in [1.807, 2.05) is 0 Å². The van der Waals surface area contributed by atoms with Gasteiger partial charge in [-0.25, -0.2) is 18.8 Å². The van der Waals surface area contributed by atoms with Crippen LogP contribution in [0.4, 0.5) is 8.78 Å². The third kappa shape index (κ3) is 4.30. The van der Waals surface area contributed by atoms with Gasteiger partial charge in [-0.1, -0.05) is 6.07 Å².